The van der Waals surface area contributed by atoms with Gasteiger partial charge in [0, 0.05) is 4.47 Å². The quantitative estimate of drug-likeness (QED) is 0.155. The Morgan fingerprint density at radius 1 is 0.929 bits per heavy atom. The van der Waals surface area contributed by atoms with E-state index in [2.05, 4.69) is 31.8 Å². The molecule has 4 aromatic carbocycles. The molecule has 2 N–H and O–H groups in total. The maximum Gasteiger partial charge on any atom is 0.264 e. The minimum atomic E-state index is -4.04. The number of aryl methyl sites for hydroxylation is 1. The number of sulfonamides is 1. The zero-order valence-corrected chi connectivity index (χ0v) is 25.5. The number of nitrogens with one attached hydrogen (secondary N) is 2. The second kappa shape index (κ2) is 14.1. The van der Waals surface area contributed by atoms with E-state index in [0.717, 1.165) is 14.3 Å². The number of carbonyl (C=O) groups excluding carboxylic acids is 2. The molecule has 216 valence electrons. The number of anilines is 2. The maximum atomic E-state index is 13.4. The minimum Gasteiger partial charge on any atom is -0.484 e. The first kappa shape index (κ1) is 30.8. The summed E-state index contributed by atoms with van der Waals surface area (Å²) in [5.41, 5.74) is 4.75. The van der Waals surface area contributed by atoms with Gasteiger partial charge in [-0.3, -0.25) is 13.9 Å². The van der Waals surface area contributed by atoms with E-state index in [-0.39, 0.29) is 17.4 Å². The smallest absolute Gasteiger partial charge is 0.264 e. The van der Waals surface area contributed by atoms with Crippen LogP contribution in [0.3, 0.4) is 0 Å². The summed E-state index contributed by atoms with van der Waals surface area (Å²) in [7, 11) is -4.04. The summed E-state index contributed by atoms with van der Waals surface area (Å²) in [6.07, 6.45) is 1.41. The number of benzene rings is 4. The Morgan fingerprint density at radius 2 is 1.60 bits per heavy atom. The highest BCUT2D eigenvalue weighted by Crippen LogP contribution is 2.25. The molecular formula is C30H26BrClN4O5S. The summed E-state index contributed by atoms with van der Waals surface area (Å²) in [6.45, 7) is 1.16. The lowest BCUT2D eigenvalue weighted by Gasteiger charge is -2.23. The molecule has 4 rings (SSSR count). The Bertz CT molecular complexity index is 1680. The second-order valence-corrected chi connectivity index (χ2v) is 12.2. The van der Waals surface area contributed by atoms with Crippen LogP contribution >= 0.6 is 27.5 Å². The normalized spacial score (nSPS) is 11.2. The summed E-state index contributed by atoms with van der Waals surface area (Å²) in [5, 5.41) is 7.06. The Kier molecular flexibility index (Phi) is 10.3. The van der Waals surface area contributed by atoms with E-state index >= 15 is 0 Å². The van der Waals surface area contributed by atoms with Crippen molar-refractivity contribution in [2.24, 2.45) is 5.10 Å². The molecule has 0 bridgehead atoms. The van der Waals surface area contributed by atoms with Gasteiger partial charge in [-0.15, -0.1) is 0 Å². The van der Waals surface area contributed by atoms with E-state index in [1.165, 1.54) is 18.3 Å². The van der Waals surface area contributed by atoms with Crippen LogP contribution in [0.2, 0.25) is 5.02 Å². The SMILES string of the molecule is Cc1ccc(S(=O)(=O)N(CC(=O)N/N=C/c2ccc(OCC(=O)Nc3ccccc3Cl)cc2)c2ccc(Br)cc2)cc1. The van der Waals surface area contributed by atoms with Gasteiger partial charge in [-0.1, -0.05) is 57.4 Å². The van der Waals surface area contributed by atoms with Crippen molar-refractivity contribution in [3.63, 3.8) is 0 Å². The molecule has 2 amide bonds. The minimum absolute atomic E-state index is 0.0657. The third kappa shape index (κ3) is 8.41. The number of amides is 2. The van der Waals surface area contributed by atoms with Gasteiger partial charge in [0.25, 0.3) is 21.8 Å². The molecule has 0 aromatic heterocycles. The van der Waals surface area contributed by atoms with Crippen LogP contribution in [0.5, 0.6) is 5.75 Å². The highest BCUT2D eigenvalue weighted by molar-refractivity contribution is 9.10. The average Bonchev–Trinajstić information content (AvgIpc) is 2.97. The lowest BCUT2D eigenvalue weighted by atomic mass is 10.2. The van der Waals surface area contributed by atoms with E-state index in [4.69, 9.17) is 16.3 Å². The van der Waals surface area contributed by atoms with Crippen LogP contribution in [0.25, 0.3) is 0 Å². The lowest BCUT2D eigenvalue weighted by molar-refractivity contribution is -0.119. The molecule has 9 nitrogen and oxygen atoms in total. The van der Waals surface area contributed by atoms with Gasteiger partial charge in [0.05, 0.1) is 27.5 Å². The van der Waals surface area contributed by atoms with E-state index in [1.54, 1.807) is 84.9 Å². The molecule has 0 aliphatic carbocycles. The van der Waals surface area contributed by atoms with Gasteiger partial charge in [0.2, 0.25) is 0 Å². The van der Waals surface area contributed by atoms with Gasteiger partial charge in [-0.2, -0.15) is 5.10 Å². The molecule has 0 aliphatic rings. The van der Waals surface area contributed by atoms with Gasteiger partial charge >= 0.3 is 0 Å². The van der Waals surface area contributed by atoms with E-state index in [9.17, 15) is 18.0 Å². The van der Waals surface area contributed by atoms with Crippen molar-refractivity contribution in [3.8, 4) is 5.75 Å². The third-order valence-corrected chi connectivity index (χ3v) is 8.46. The first-order chi connectivity index (χ1) is 20.1. The number of hydrogen-bond donors (Lipinski definition) is 2. The molecule has 0 spiro atoms. The molecule has 0 radical (unpaired) electrons. The largest absolute Gasteiger partial charge is 0.484 e. The van der Waals surface area contributed by atoms with E-state index in [1.807, 2.05) is 6.92 Å². The molecule has 0 saturated heterocycles. The van der Waals surface area contributed by atoms with Crippen LogP contribution < -0.4 is 19.8 Å². The molecule has 42 heavy (non-hydrogen) atoms. The number of para-hydroxylation sites is 1. The highest BCUT2D eigenvalue weighted by atomic mass is 79.9. The number of hydrazone groups is 1. The van der Waals surface area contributed by atoms with Crippen LogP contribution in [0, 0.1) is 6.92 Å². The number of rotatable bonds is 11. The van der Waals surface area contributed by atoms with Gasteiger partial charge in [-0.05, 0) is 85.3 Å². The molecule has 12 heteroatoms. The summed E-state index contributed by atoms with van der Waals surface area (Å²) in [4.78, 5) is 25.0. The van der Waals surface area contributed by atoms with Crippen molar-refractivity contribution in [1.29, 1.82) is 0 Å². The average molecular weight is 670 g/mol. The number of carbonyl (C=O) groups is 2. The Morgan fingerprint density at radius 3 is 2.26 bits per heavy atom. The highest BCUT2D eigenvalue weighted by Gasteiger charge is 2.27. The van der Waals surface area contributed by atoms with Gasteiger partial charge in [0.15, 0.2) is 6.61 Å². The van der Waals surface area contributed by atoms with Gasteiger partial charge in [0.1, 0.15) is 12.3 Å². The van der Waals surface area contributed by atoms with E-state index < -0.39 is 22.5 Å². The molecule has 0 heterocycles. The van der Waals surface area contributed by atoms with E-state index in [0.29, 0.717) is 27.7 Å². The van der Waals surface area contributed by atoms with Gasteiger partial charge in [-0.25, -0.2) is 13.8 Å². The summed E-state index contributed by atoms with van der Waals surface area (Å²) >= 11 is 9.39. The predicted molar refractivity (Wildman–Crippen MR) is 168 cm³/mol. The third-order valence-electron chi connectivity index (χ3n) is 5.81. The van der Waals surface area contributed by atoms with Crippen molar-refractivity contribution in [1.82, 2.24) is 5.43 Å². The lowest BCUT2D eigenvalue weighted by Crippen LogP contribution is -2.39. The van der Waals surface area contributed by atoms with Crippen molar-refractivity contribution >= 4 is 67.0 Å². The van der Waals surface area contributed by atoms with Crippen LogP contribution in [0.4, 0.5) is 11.4 Å². The number of nitrogens with zero attached hydrogens (tertiary/aromatic N) is 2. The van der Waals surface area contributed by atoms with Crippen molar-refractivity contribution in [2.45, 2.75) is 11.8 Å². The molecule has 0 saturated carbocycles. The molecule has 0 unspecified atom stereocenters. The number of hydrogen-bond acceptors (Lipinski definition) is 6. The number of halogens is 2. The first-order valence-corrected chi connectivity index (χ1v) is 15.2. The van der Waals surface area contributed by atoms with Crippen molar-refractivity contribution < 1.29 is 22.7 Å². The fourth-order valence-electron chi connectivity index (χ4n) is 3.65. The zero-order chi connectivity index (χ0) is 30.1. The standard InChI is InChI=1S/C30H26BrClN4O5S/c1-21-6-16-26(17-7-21)42(39,40)36(24-12-10-23(31)11-13-24)19-29(37)35-33-18-22-8-14-25(15-9-22)41-20-30(38)34-28-5-3-2-4-27(28)32/h2-18H,19-20H2,1H3,(H,34,38)(H,35,37)/b33-18+. The molecular weight excluding hydrogens is 644 g/mol. The molecule has 4 aromatic rings. The zero-order valence-electron chi connectivity index (χ0n) is 22.3. The Labute approximate surface area is 257 Å². The summed E-state index contributed by atoms with van der Waals surface area (Å²) in [6, 6.07) is 26.6. The van der Waals surface area contributed by atoms with Crippen LogP contribution in [0.1, 0.15) is 11.1 Å². The predicted octanol–water partition coefficient (Wildman–Crippen LogP) is 5.77. The number of ether oxygens (including phenoxy) is 1. The Hall–Kier alpha value is -4.19. The first-order valence-electron chi connectivity index (χ1n) is 12.6. The van der Waals surface area contributed by atoms with Crippen molar-refractivity contribution in [3.05, 3.63) is 118 Å². The van der Waals surface area contributed by atoms with Crippen LogP contribution in [-0.2, 0) is 19.6 Å². The van der Waals surface area contributed by atoms with Crippen molar-refractivity contribution in [2.75, 3.05) is 22.8 Å². The maximum absolute atomic E-state index is 13.4. The van der Waals surface area contributed by atoms with Crippen LogP contribution in [0.15, 0.2) is 112 Å². The molecule has 0 atom stereocenters. The summed E-state index contributed by atoms with van der Waals surface area (Å²) < 4.78 is 34.2. The fraction of sp³-hybridized carbons (Fsp3) is 0.100. The fourth-order valence-corrected chi connectivity index (χ4v) is 5.52. The Balaban J connectivity index is 1.35. The molecule has 0 aliphatic heterocycles. The summed E-state index contributed by atoms with van der Waals surface area (Å²) in [5.74, 6) is -0.538. The monoisotopic (exact) mass is 668 g/mol. The second-order valence-electron chi connectivity index (χ2n) is 8.98. The molecule has 0 fully saturated rings. The topological polar surface area (TPSA) is 117 Å². The van der Waals surface area contributed by atoms with Gasteiger partial charge < -0.3 is 10.1 Å². The van der Waals surface area contributed by atoms with Crippen LogP contribution in [-0.4, -0.2) is 39.6 Å².